The predicted molar refractivity (Wildman–Crippen MR) is 54.7 cm³/mol. The van der Waals surface area contributed by atoms with Crippen LogP contribution in [0.5, 0.6) is 5.75 Å². The third-order valence-electron chi connectivity index (χ3n) is 1.72. The third kappa shape index (κ3) is 2.75. The molecule has 1 aromatic rings. The van der Waals surface area contributed by atoms with Gasteiger partial charge in [-0.25, -0.2) is 9.59 Å². The first-order valence-corrected chi connectivity index (χ1v) is 4.22. The van der Waals surface area contributed by atoms with Crippen LogP contribution >= 0.6 is 0 Å². The number of ether oxygens (including phenoxy) is 1. The molecule has 82 valence electrons. The summed E-state index contributed by atoms with van der Waals surface area (Å²) in [4.78, 5) is 21.4. The second-order valence-corrected chi connectivity index (χ2v) is 2.85. The van der Waals surface area contributed by atoms with Crippen LogP contribution in [0.15, 0.2) is 18.2 Å². The Morgan fingerprint density at radius 1 is 1.19 bits per heavy atom. The van der Waals surface area contributed by atoms with Crippen molar-refractivity contribution in [1.82, 2.24) is 0 Å². The van der Waals surface area contributed by atoms with E-state index in [-0.39, 0.29) is 23.5 Å². The van der Waals surface area contributed by atoms with E-state index in [0.29, 0.717) is 0 Å². The lowest BCUT2D eigenvalue weighted by Gasteiger charge is -2.05. The predicted octanol–water partition coefficient (Wildman–Crippen LogP) is 1.09. The second kappa shape index (κ2) is 4.84. The topological polar surface area (TPSA) is 83.8 Å². The maximum absolute atomic E-state index is 10.7. The van der Waals surface area contributed by atoms with Gasteiger partial charge < -0.3 is 14.9 Å². The molecule has 0 fully saturated rings. The summed E-state index contributed by atoms with van der Waals surface area (Å²) < 4.78 is 4.97. The Morgan fingerprint density at radius 2 is 1.69 bits per heavy atom. The molecule has 1 aromatic carbocycles. The van der Waals surface area contributed by atoms with Crippen LogP contribution in [0.4, 0.5) is 0 Å². The van der Waals surface area contributed by atoms with Crippen LogP contribution in [0.1, 0.15) is 20.7 Å². The number of rotatable bonds is 4. The molecule has 0 saturated carbocycles. The SMILES string of the molecule is C#CCOc1cc(C(=O)O)cc(C(=O)O)c1. The highest BCUT2D eigenvalue weighted by Crippen LogP contribution is 2.17. The lowest BCUT2D eigenvalue weighted by atomic mass is 10.1. The number of carbonyl (C=O) groups is 2. The zero-order valence-corrected chi connectivity index (χ0v) is 8.14. The van der Waals surface area contributed by atoms with Crippen LogP contribution in [-0.2, 0) is 0 Å². The average molecular weight is 220 g/mol. The molecule has 1 rings (SSSR count). The van der Waals surface area contributed by atoms with Gasteiger partial charge >= 0.3 is 11.9 Å². The van der Waals surface area contributed by atoms with E-state index in [1.165, 1.54) is 12.1 Å². The Hall–Kier alpha value is -2.48. The van der Waals surface area contributed by atoms with Gasteiger partial charge in [0.15, 0.2) is 0 Å². The molecular formula is C11H8O5. The van der Waals surface area contributed by atoms with Crippen LogP contribution in [0, 0.1) is 12.3 Å². The lowest BCUT2D eigenvalue weighted by Crippen LogP contribution is -2.04. The summed E-state index contributed by atoms with van der Waals surface area (Å²) in [6.07, 6.45) is 4.96. The summed E-state index contributed by atoms with van der Waals surface area (Å²) in [5, 5.41) is 17.5. The molecule has 0 saturated heterocycles. The first-order valence-electron chi connectivity index (χ1n) is 4.22. The highest BCUT2D eigenvalue weighted by atomic mass is 16.5. The van der Waals surface area contributed by atoms with Gasteiger partial charge in [-0.3, -0.25) is 0 Å². The van der Waals surface area contributed by atoms with Crippen molar-refractivity contribution in [2.75, 3.05) is 6.61 Å². The molecule has 0 amide bonds. The summed E-state index contributed by atoms with van der Waals surface area (Å²) >= 11 is 0. The molecule has 5 nitrogen and oxygen atoms in total. The first kappa shape index (κ1) is 11.6. The molecule has 0 radical (unpaired) electrons. The van der Waals surface area contributed by atoms with E-state index in [2.05, 4.69) is 5.92 Å². The number of terminal acetylenes is 1. The lowest BCUT2D eigenvalue weighted by molar-refractivity contribution is 0.0696. The van der Waals surface area contributed by atoms with E-state index in [1.807, 2.05) is 0 Å². The molecular weight excluding hydrogens is 212 g/mol. The fourth-order valence-corrected chi connectivity index (χ4v) is 1.05. The zero-order valence-electron chi connectivity index (χ0n) is 8.14. The van der Waals surface area contributed by atoms with Crippen LogP contribution in [0.2, 0.25) is 0 Å². The zero-order chi connectivity index (χ0) is 12.1. The largest absolute Gasteiger partial charge is 0.481 e. The number of carboxylic acid groups (broad SMARTS) is 2. The highest BCUT2D eigenvalue weighted by Gasteiger charge is 2.11. The van der Waals surface area contributed by atoms with E-state index in [0.717, 1.165) is 6.07 Å². The number of aromatic carboxylic acids is 2. The standard InChI is InChI=1S/C11H8O5/c1-2-3-16-9-5-7(10(12)13)4-8(6-9)11(14)15/h1,4-6H,3H2,(H,12,13)(H,14,15). The van der Waals surface area contributed by atoms with E-state index in [9.17, 15) is 9.59 Å². The summed E-state index contributed by atoms with van der Waals surface area (Å²) in [5.74, 6) is -0.139. The van der Waals surface area contributed by atoms with Gasteiger partial charge in [0, 0.05) is 0 Å². The van der Waals surface area contributed by atoms with Gasteiger partial charge in [0.1, 0.15) is 12.4 Å². The van der Waals surface area contributed by atoms with Crippen molar-refractivity contribution in [3.8, 4) is 18.1 Å². The van der Waals surface area contributed by atoms with E-state index in [1.54, 1.807) is 0 Å². The van der Waals surface area contributed by atoms with Gasteiger partial charge in [-0.1, -0.05) is 5.92 Å². The summed E-state index contributed by atoms with van der Waals surface area (Å²) in [7, 11) is 0. The number of benzene rings is 1. The maximum Gasteiger partial charge on any atom is 0.335 e. The Kier molecular flexibility index (Phi) is 3.51. The van der Waals surface area contributed by atoms with Crippen LogP contribution in [0.25, 0.3) is 0 Å². The van der Waals surface area contributed by atoms with Crippen molar-refractivity contribution in [3.63, 3.8) is 0 Å². The molecule has 0 unspecified atom stereocenters. The normalized spacial score (nSPS) is 9.19. The van der Waals surface area contributed by atoms with E-state index < -0.39 is 11.9 Å². The van der Waals surface area contributed by atoms with Gasteiger partial charge in [-0.05, 0) is 18.2 Å². The van der Waals surface area contributed by atoms with E-state index >= 15 is 0 Å². The Morgan fingerprint density at radius 3 is 2.06 bits per heavy atom. The van der Waals surface area contributed by atoms with Crippen molar-refractivity contribution < 1.29 is 24.5 Å². The summed E-state index contributed by atoms with van der Waals surface area (Å²) in [5.41, 5.74) is -0.321. The van der Waals surface area contributed by atoms with Gasteiger partial charge in [-0.15, -0.1) is 6.42 Å². The molecule has 0 aliphatic heterocycles. The minimum Gasteiger partial charge on any atom is -0.481 e. The Labute approximate surface area is 91.3 Å². The smallest absolute Gasteiger partial charge is 0.335 e. The first-order chi connectivity index (χ1) is 7.54. The Balaban J connectivity index is 3.14. The summed E-state index contributed by atoms with van der Waals surface area (Å²) in [6.45, 7) is -0.0534. The van der Waals surface area contributed by atoms with Crippen molar-refractivity contribution in [3.05, 3.63) is 29.3 Å². The number of carboxylic acids is 2. The molecule has 0 heterocycles. The van der Waals surface area contributed by atoms with Gasteiger partial charge in [-0.2, -0.15) is 0 Å². The molecule has 0 spiro atoms. The van der Waals surface area contributed by atoms with Crippen LogP contribution in [0.3, 0.4) is 0 Å². The third-order valence-corrected chi connectivity index (χ3v) is 1.72. The average Bonchev–Trinajstić information content (AvgIpc) is 2.25. The van der Waals surface area contributed by atoms with Crippen molar-refractivity contribution in [2.24, 2.45) is 0 Å². The van der Waals surface area contributed by atoms with E-state index in [4.69, 9.17) is 21.4 Å². The fraction of sp³-hybridized carbons (Fsp3) is 0.0909. The minimum atomic E-state index is -1.23. The fourth-order valence-electron chi connectivity index (χ4n) is 1.05. The summed E-state index contributed by atoms with van der Waals surface area (Å²) in [6, 6.07) is 3.48. The molecule has 2 N–H and O–H groups in total. The molecule has 0 aliphatic carbocycles. The monoisotopic (exact) mass is 220 g/mol. The van der Waals surface area contributed by atoms with Crippen LogP contribution < -0.4 is 4.74 Å². The Bertz CT molecular complexity index is 438. The molecule has 0 atom stereocenters. The molecule has 16 heavy (non-hydrogen) atoms. The quantitative estimate of drug-likeness (QED) is 0.742. The highest BCUT2D eigenvalue weighted by molar-refractivity contribution is 5.94. The van der Waals surface area contributed by atoms with Crippen molar-refractivity contribution >= 4 is 11.9 Å². The number of hydrogen-bond acceptors (Lipinski definition) is 3. The molecule has 5 heteroatoms. The van der Waals surface area contributed by atoms with Gasteiger partial charge in [0.05, 0.1) is 11.1 Å². The molecule has 0 aromatic heterocycles. The molecule has 0 aliphatic rings. The van der Waals surface area contributed by atoms with Gasteiger partial charge in [0.25, 0.3) is 0 Å². The van der Waals surface area contributed by atoms with Crippen LogP contribution in [-0.4, -0.2) is 28.8 Å². The molecule has 0 bridgehead atoms. The maximum atomic E-state index is 10.7. The minimum absolute atomic E-state index is 0.0534. The number of hydrogen-bond donors (Lipinski definition) is 2. The van der Waals surface area contributed by atoms with Crippen molar-refractivity contribution in [1.29, 1.82) is 0 Å². The second-order valence-electron chi connectivity index (χ2n) is 2.85. The van der Waals surface area contributed by atoms with Gasteiger partial charge in [0.2, 0.25) is 0 Å². The van der Waals surface area contributed by atoms with Crippen molar-refractivity contribution in [2.45, 2.75) is 0 Å².